The van der Waals surface area contributed by atoms with Crippen molar-refractivity contribution in [2.24, 2.45) is 0 Å². The lowest BCUT2D eigenvalue weighted by atomic mass is 10.1. The van der Waals surface area contributed by atoms with Gasteiger partial charge in [-0.2, -0.15) is 0 Å². The molecule has 0 spiro atoms. The Bertz CT molecular complexity index is 789. The van der Waals surface area contributed by atoms with Crippen LogP contribution in [-0.4, -0.2) is 48.3 Å². The van der Waals surface area contributed by atoms with E-state index in [-0.39, 0.29) is 18.5 Å². The Kier molecular flexibility index (Phi) is 5.71. The number of benzene rings is 2. The summed E-state index contributed by atoms with van der Waals surface area (Å²) >= 11 is 0. The highest BCUT2D eigenvalue weighted by molar-refractivity contribution is 5.72. The van der Waals surface area contributed by atoms with Gasteiger partial charge in [-0.25, -0.2) is 4.39 Å². The minimum absolute atomic E-state index is 0.166. The summed E-state index contributed by atoms with van der Waals surface area (Å²) in [5.41, 5.74) is 1.97. The van der Waals surface area contributed by atoms with Crippen LogP contribution in [0.3, 0.4) is 0 Å². The zero-order valence-corrected chi connectivity index (χ0v) is 15.8. The van der Waals surface area contributed by atoms with Crippen molar-refractivity contribution in [1.29, 1.82) is 0 Å². The van der Waals surface area contributed by atoms with Crippen LogP contribution in [0.4, 0.5) is 4.39 Å². The number of fused-ring (bicyclic) bond motifs is 1. The standard InChI is InChI=1S/C22H25FN2O3/c1-15(26)24-12-18-20(23)21-19(25(18)13-16-8-4-2-5-9-16)14-27-22(28-21)17-10-6-3-7-11-17/h2-11,18-22H,12-14H2,1H3,(H,24,26)/t18-,19-,20+,21-,22?/m1/s1. The maximum Gasteiger partial charge on any atom is 0.216 e. The molecule has 1 unspecified atom stereocenters. The van der Waals surface area contributed by atoms with E-state index in [1.807, 2.05) is 60.7 Å². The smallest absolute Gasteiger partial charge is 0.216 e. The number of ether oxygens (including phenoxy) is 2. The molecule has 2 aromatic carbocycles. The van der Waals surface area contributed by atoms with E-state index in [2.05, 4.69) is 10.2 Å². The van der Waals surface area contributed by atoms with Crippen molar-refractivity contribution in [1.82, 2.24) is 10.2 Å². The predicted octanol–water partition coefficient (Wildman–Crippen LogP) is 2.83. The number of amides is 1. The predicted molar refractivity (Wildman–Crippen MR) is 103 cm³/mol. The Morgan fingerprint density at radius 1 is 1.14 bits per heavy atom. The molecule has 5 atom stereocenters. The number of nitrogens with one attached hydrogen (secondary N) is 1. The molecule has 0 saturated carbocycles. The van der Waals surface area contributed by atoms with Gasteiger partial charge in [-0.05, 0) is 5.56 Å². The Balaban J connectivity index is 1.55. The Hall–Kier alpha value is -2.28. The van der Waals surface area contributed by atoms with E-state index in [1.165, 1.54) is 6.92 Å². The molecule has 2 heterocycles. The monoisotopic (exact) mass is 384 g/mol. The second-order valence-electron chi connectivity index (χ2n) is 7.35. The van der Waals surface area contributed by atoms with Crippen LogP contribution in [0, 0.1) is 0 Å². The van der Waals surface area contributed by atoms with Gasteiger partial charge in [-0.15, -0.1) is 0 Å². The summed E-state index contributed by atoms with van der Waals surface area (Å²) in [5, 5.41) is 2.77. The van der Waals surface area contributed by atoms with Gasteiger partial charge in [0, 0.05) is 25.6 Å². The van der Waals surface area contributed by atoms with Crippen LogP contribution in [0.1, 0.15) is 24.3 Å². The normalized spacial score (nSPS) is 30.0. The molecule has 0 radical (unpaired) electrons. The average Bonchev–Trinajstić information content (AvgIpc) is 2.98. The molecule has 4 rings (SSSR count). The van der Waals surface area contributed by atoms with Gasteiger partial charge in [0.2, 0.25) is 5.91 Å². The molecule has 148 valence electrons. The van der Waals surface area contributed by atoms with E-state index in [9.17, 15) is 4.79 Å². The van der Waals surface area contributed by atoms with Gasteiger partial charge in [0.1, 0.15) is 12.3 Å². The summed E-state index contributed by atoms with van der Waals surface area (Å²) in [6.07, 6.45) is -2.38. The van der Waals surface area contributed by atoms with Gasteiger partial charge < -0.3 is 14.8 Å². The number of carbonyl (C=O) groups is 1. The molecule has 2 aliphatic rings. The Morgan fingerprint density at radius 2 is 1.82 bits per heavy atom. The van der Waals surface area contributed by atoms with Gasteiger partial charge >= 0.3 is 0 Å². The van der Waals surface area contributed by atoms with Gasteiger partial charge in [-0.1, -0.05) is 60.7 Å². The van der Waals surface area contributed by atoms with Crippen LogP contribution in [0.5, 0.6) is 0 Å². The molecule has 2 aromatic rings. The number of hydrogen-bond donors (Lipinski definition) is 1. The summed E-state index contributed by atoms with van der Waals surface area (Å²) in [5.74, 6) is -0.166. The zero-order chi connectivity index (χ0) is 19.5. The molecular weight excluding hydrogens is 359 g/mol. The molecule has 1 N–H and O–H groups in total. The maximum absolute atomic E-state index is 15.4. The molecule has 2 aliphatic heterocycles. The lowest BCUT2D eigenvalue weighted by molar-refractivity contribution is -0.237. The van der Waals surface area contributed by atoms with E-state index >= 15 is 4.39 Å². The second kappa shape index (κ2) is 8.39. The third-order valence-electron chi connectivity index (χ3n) is 5.45. The number of likely N-dealkylation sites (tertiary alicyclic amines) is 1. The SMILES string of the molecule is CC(=O)NC[C@@H]1[C@H](F)[C@@H]2OC(c3ccccc3)OC[C@H]2N1Cc1ccccc1. The summed E-state index contributed by atoms with van der Waals surface area (Å²) in [6, 6.07) is 18.9. The lowest BCUT2D eigenvalue weighted by Gasteiger charge is -2.36. The van der Waals surface area contributed by atoms with Crippen LogP contribution in [0.15, 0.2) is 60.7 Å². The van der Waals surface area contributed by atoms with Crippen LogP contribution in [0.2, 0.25) is 0 Å². The number of halogens is 1. The van der Waals surface area contributed by atoms with Crippen molar-refractivity contribution < 1.29 is 18.7 Å². The summed E-state index contributed by atoms with van der Waals surface area (Å²) in [4.78, 5) is 13.5. The largest absolute Gasteiger partial charge is 0.355 e. The molecule has 6 heteroatoms. The number of hydrogen-bond acceptors (Lipinski definition) is 4. The minimum atomic E-state index is -1.21. The second-order valence-corrected chi connectivity index (χ2v) is 7.35. The first-order valence-electron chi connectivity index (χ1n) is 9.63. The first-order valence-corrected chi connectivity index (χ1v) is 9.63. The van der Waals surface area contributed by atoms with E-state index in [0.29, 0.717) is 13.2 Å². The third kappa shape index (κ3) is 3.94. The van der Waals surface area contributed by atoms with Crippen molar-refractivity contribution in [3.05, 3.63) is 71.8 Å². The van der Waals surface area contributed by atoms with Crippen LogP contribution in [-0.2, 0) is 20.8 Å². The van der Waals surface area contributed by atoms with E-state index in [4.69, 9.17) is 9.47 Å². The van der Waals surface area contributed by atoms with Gasteiger partial charge in [0.05, 0.1) is 18.7 Å². The molecule has 0 aromatic heterocycles. The van der Waals surface area contributed by atoms with Crippen molar-refractivity contribution >= 4 is 5.91 Å². The fourth-order valence-corrected chi connectivity index (χ4v) is 4.06. The minimum Gasteiger partial charge on any atom is -0.355 e. The molecule has 1 amide bonds. The van der Waals surface area contributed by atoms with E-state index in [0.717, 1.165) is 11.1 Å². The molecular formula is C22H25FN2O3. The van der Waals surface area contributed by atoms with Gasteiger partial charge in [0.25, 0.3) is 0 Å². The molecule has 5 nitrogen and oxygen atoms in total. The van der Waals surface area contributed by atoms with Crippen LogP contribution < -0.4 is 5.32 Å². The third-order valence-corrected chi connectivity index (χ3v) is 5.45. The topological polar surface area (TPSA) is 50.8 Å². The fraction of sp³-hybridized carbons (Fsp3) is 0.409. The highest BCUT2D eigenvalue weighted by Gasteiger charge is 2.53. The lowest BCUT2D eigenvalue weighted by Crippen LogP contribution is -2.47. The molecule has 0 aliphatic carbocycles. The summed E-state index contributed by atoms with van der Waals surface area (Å²) in [6.45, 7) is 2.65. The van der Waals surface area contributed by atoms with E-state index < -0.39 is 24.6 Å². The average molecular weight is 384 g/mol. The number of carbonyl (C=O) groups excluding carboxylic acids is 1. The van der Waals surface area contributed by atoms with E-state index in [1.54, 1.807) is 0 Å². The maximum atomic E-state index is 15.4. The number of alkyl halides is 1. The van der Waals surface area contributed by atoms with Gasteiger partial charge in [0.15, 0.2) is 6.29 Å². The summed E-state index contributed by atoms with van der Waals surface area (Å²) in [7, 11) is 0. The molecule has 2 saturated heterocycles. The van der Waals surface area contributed by atoms with Crippen LogP contribution >= 0.6 is 0 Å². The molecule has 28 heavy (non-hydrogen) atoms. The fourth-order valence-electron chi connectivity index (χ4n) is 4.06. The van der Waals surface area contributed by atoms with Crippen molar-refractivity contribution in [2.75, 3.05) is 13.2 Å². The number of rotatable bonds is 5. The zero-order valence-electron chi connectivity index (χ0n) is 15.8. The summed E-state index contributed by atoms with van der Waals surface area (Å²) < 4.78 is 27.5. The first-order chi connectivity index (χ1) is 13.6. The highest BCUT2D eigenvalue weighted by atomic mass is 19.1. The number of nitrogens with zero attached hydrogens (tertiary/aromatic N) is 1. The first kappa shape index (κ1) is 19.1. The van der Waals surface area contributed by atoms with Crippen molar-refractivity contribution in [2.45, 2.75) is 44.1 Å². The molecule has 2 fully saturated rings. The van der Waals surface area contributed by atoms with Crippen molar-refractivity contribution in [3.63, 3.8) is 0 Å². The Morgan fingerprint density at radius 3 is 2.50 bits per heavy atom. The molecule has 0 bridgehead atoms. The van der Waals surface area contributed by atoms with Gasteiger partial charge in [-0.3, -0.25) is 9.69 Å². The quantitative estimate of drug-likeness (QED) is 0.861. The van der Waals surface area contributed by atoms with Crippen LogP contribution in [0.25, 0.3) is 0 Å². The highest BCUT2D eigenvalue weighted by Crippen LogP contribution is 2.38. The Labute approximate surface area is 164 Å². The van der Waals surface area contributed by atoms with Crippen molar-refractivity contribution in [3.8, 4) is 0 Å².